The van der Waals surface area contributed by atoms with Crippen molar-refractivity contribution in [2.45, 2.75) is 58.0 Å². The molecular formula is C20H27N3O3. The van der Waals surface area contributed by atoms with Crippen molar-refractivity contribution in [3.63, 3.8) is 0 Å². The molecule has 0 atom stereocenters. The molecule has 0 aromatic carbocycles. The SMILES string of the molecule is O=C(NO)c1cc2n(c1)CCCN(C(=O)C13CC4CC(CC(C4)C1)C3)C2. The minimum atomic E-state index is -0.496. The number of aromatic nitrogens is 1. The number of hydrogen-bond donors (Lipinski definition) is 2. The Labute approximate surface area is 153 Å². The zero-order chi connectivity index (χ0) is 17.9. The third kappa shape index (κ3) is 2.49. The highest BCUT2D eigenvalue weighted by Gasteiger charge is 2.55. The number of carbonyl (C=O) groups excluding carboxylic acids is 2. The molecule has 0 unspecified atom stereocenters. The zero-order valence-corrected chi connectivity index (χ0v) is 15.1. The summed E-state index contributed by atoms with van der Waals surface area (Å²) in [6, 6.07) is 1.80. The fraction of sp³-hybridized carbons (Fsp3) is 0.700. The summed E-state index contributed by atoms with van der Waals surface area (Å²) in [5.41, 5.74) is 3.02. The predicted molar refractivity (Wildman–Crippen MR) is 94.3 cm³/mol. The van der Waals surface area contributed by atoms with Gasteiger partial charge in [0, 0.05) is 25.0 Å². The van der Waals surface area contributed by atoms with Gasteiger partial charge in [-0.05, 0) is 68.8 Å². The molecule has 1 aromatic rings. The summed E-state index contributed by atoms with van der Waals surface area (Å²) in [4.78, 5) is 27.4. The van der Waals surface area contributed by atoms with E-state index in [1.807, 2.05) is 4.90 Å². The van der Waals surface area contributed by atoms with Crippen LogP contribution in [-0.2, 0) is 17.9 Å². The monoisotopic (exact) mass is 357 g/mol. The summed E-state index contributed by atoms with van der Waals surface area (Å²) >= 11 is 0. The van der Waals surface area contributed by atoms with Gasteiger partial charge in [0.05, 0.1) is 17.5 Å². The van der Waals surface area contributed by atoms with Gasteiger partial charge in [0.25, 0.3) is 5.91 Å². The molecule has 2 amide bonds. The van der Waals surface area contributed by atoms with Gasteiger partial charge in [0.15, 0.2) is 0 Å². The lowest BCUT2D eigenvalue weighted by atomic mass is 9.49. The summed E-state index contributed by atoms with van der Waals surface area (Å²) in [5, 5.41) is 8.87. The van der Waals surface area contributed by atoms with Crippen molar-refractivity contribution in [1.29, 1.82) is 0 Å². The molecule has 1 aliphatic heterocycles. The van der Waals surface area contributed by atoms with Gasteiger partial charge in [-0.2, -0.15) is 0 Å². The van der Waals surface area contributed by atoms with Crippen LogP contribution < -0.4 is 5.48 Å². The first-order chi connectivity index (χ1) is 12.6. The van der Waals surface area contributed by atoms with Crippen LogP contribution in [0, 0.1) is 23.2 Å². The molecule has 6 nitrogen and oxygen atoms in total. The lowest BCUT2D eigenvalue weighted by Crippen LogP contribution is -2.54. The predicted octanol–water partition coefficient (Wildman–Crippen LogP) is 2.56. The average molecular weight is 357 g/mol. The largest absolute Gasteiger partial charge is 0.349 e. The van der Waals surface area contributed by atoms with E-state index in [4.69, 9.17) is 5.21 Å². The quantitative estimate of drug-likeness (QED) is 0.631. The third-order valence-electron chi connectivity index (χ3n) is 7.31. The standard InChI is InChI=1S/C20H27N3O3/c24-18(21-26)16-7-17-12-23(3-1-2-22(17)11-16)19(25)20-8-13-4-14(9-20)6-15(5-13)10-20/h7,11,13-15,26H,1-6,8-10,12H2,(H,21,24). The first-order valence-corrected chi connectivity index (χ1v) is 9.99. The molecule has 2 heterocycles. The summed E-state index contributed by atoms with van der Waals surface area (Å²) in [6.45, 7) is 2.17. The molecular weight excluding hydrogens is 330 g/mol. The molecule has 0 spiro atoms. The molecule has 2 N–H and O–H groups in total. The first kappa shape index (κ1) is 16.4. The Hall–Kier alpha value is -1.82. The number of amides is 2. The summed E-state index contributed by atoms with van der Waals surface area (Å²) in [5.74, 6) is 2.16. The molecule has 6 heteroatoms. The lowest BCUT2D eigenvalue weighted by Gasteiger charge is -2.56. The van der Waals surface area contributed by atoms with Gasteiger partial charge in [-0.25, -0.2) is 5.48 Å². The van der Waals surface area contributed by atoms with Crippen LogP contribution in [0.25, 0.3) is 0 Å². The number of carbonyl (C=O) groups is 2. The van der Waals surface area contributed by atoms with E-state index in [9.17, 15) is 9.59 Å². The fourth-order valence-electron chi connectivity index (χ4n) is 6.67. The van der Waals surface area contributed by atoms with Crippen molar-refractivity contribution in [3.8, 4) is 0 Å². The normalized spacial score (nSPS) is 35.1. The Balaban J connectivity index is 1.39. The van der Waals surface area contributed by atoms with E-state index in [0.29, 0.717) is 18.0 Å². The minimum Gasteiger partial charge on any atom is -0.349 e. The Morgan fingerprint density at radius 3 is 2.35 bits per heavy atom. The van der Waals surface area contributed by atoms with E-state index in [2.05, 4.69) is 4.57 Å². The maximum Gasteiger partial charge on any atom is 0.276 e. The topological polar surface area (TPSA) is 74.6 Å². The van der Waals surface area contributed by atoms with Crippen LogP contribution in [-0.4, -0.2) is 33.0 Å². The molecule has 4 bridgehead atoms. The molecule has 5 aliphatic rings. The van der Waals surface area contributed by atoms with Crippen LogP contribution in [0.2, 0.25) is 0 Å². The molecule has 26 heavy (non-hydrogen) atoms. The van der Waals surface area contributed by atoms with Crippen molar-refractivity contribution in [2.24, 2.45) is 23.2 Å². The van der Waals surface area contributed by atoms with Gasteiger partial charge < -0.3 is 9.47 Å². The summed E-state index contributed by atoms with van der Waals surface area (Å²) < 4.78 is 2.05. The van der Waals surface area contributed by atoms with Gasteiger partial charge in [-0.1, -0.05) is 0 Å². The summed E-state index contributed by atoms with van der Waals surface area (Å²) in [6.07, 6.45) is 9.98. The number of hydroxylamine groups is 1. The molecule has 0 saturated heterocycles. The maximum absolute atomic E-state index is 13.6. The van der Waals surface area contributed by atoms with Crippen LogP contribution >= 0.6 is 0 Å². The molecule has 4 aliphatic carbocycles. The first-order valence-electron chi connectivity index (χ1n) is 9.99. The van der Waals surface area contributed by atoms with Gasteiger partial charge in [0.2, 0.25) is 5.91 Å². The van der Waals surface area contributed by atoms with Crippen LogP contribution in [0.15, 0.2) is 12.3 Å². The van der Waals surface area contributed by atoms with E-state index in [0.717, 1.165) is 62.2 Å². The highest BCUT2D eigenvalue weighted by molar-refractivity contribution is 5.93. The number of nitrogens with zero attached hydrogens (tertiary/aromatic N) is 2. The lowest BCUT2D eigenvalue weighted by molar-refractivity contribution is -0.158. The van der Waals surface area contributed by atoms with Crippen molar-refractivity contribution < 1.29 is 14.8 Å². The Morgan fingerprint density at radius 2 is 1.73 bits per heavy atom. The van der Waals surface area contributed by atoms with Gasteiger partial charge >= 0.3 is 0 Å². The second-order valence-electron chi connectivity index (χ2n) is 9.13. The Morgan fingerprint density at radius 1 is 1.08 bits per heavy atom. The molecule has 4 saturated carbocycles. The number of fused-ring (bicyclic) bond motifs is 1. The van der Waals surface area contributed by atoms with Crippen LogP contribution in [0.4, 0.5) is 0 Å². The highest BCUT2D eigenvalue weighted by Crippen LogP contribution is 2.60. The second-order valence-corrected chi connectivity index (χ2v) is 9.13. The molecule has 6 rings (SSSR count). The zero-order valence-electron chi connectivity index (χ0n) is 15.1. The highest BCUT2D eigenvalue weighted by atomic mass is 16.5. The van der Waals surface area contributed by atoms with E-state index in [-0.39, 0.29) is 5.41 Å². The smallest absolute Gasteiger partial charge is 0.276 e. The average Bonchev–Trinajstić information content (AvgIpc) is 2.91. The van der Waals surface area contributed by atoms with Crippen molar-refractivity contribution in [3.05, 3.63) is 23.5 Å². The number of hydrogen-bond acceptors (Lipinski definition) is 3. The Bertz CT molecular complexity index is 718. The van der Waals surface area contributed by atoms with Crippen LogP contribution in [0.5, 0.6) is 0 Å². The van der Waals surface area contributed by atoms with E-state index >= 15 is 0 Å². The maximum atomic E-state index is 13.6. The minimum absolute atomic E-state index is 0.109. The van der Waals surface area contributed by atoms with Crippen molar-refractivity contribution in [1.82, 2.24) is 14.9 Å². The molecule has 1 aromatic heterocycles. The van der Waals surface area contributed by atoms with Gasteiger partial charge in [0.1, 0.15) is 0 Å². The van der Waals surface area contributed by atoms with Crippen molar-refractivity contribution >= 4 is 11.8 Å². The second kappa shape index (κ2) is 5.84. The van der Waals surface area contributed by atoms with Crippen LogP contribution in [0.3, 0.4) is 0 Å². The number of nitrogens with one attached hydrogen (secondary N) is 1. The fourth-order valence-corrected chi connectivity index (χ4v) is 6.67. The number of rotatable bonds is 2. The van der Waals surface area contributed by atoms with Crippen molar-refractivity contribution in [2.75, 3.05) is 6.54 Å². The van der Waals surface area contributed by atoms with E-state index in [1.165, 1.54) is 19.3 Å². The molecule has 0 radical (unpaired) electrons. The molecule has 4 fully saturated rings. The van der Waals surface area contributed by atoms with Gasteiger partial charge in [-0.3, -0.25) is 14.8 Å². The number of aryl methyl sites for hydroxylation is 1. The van der Waals surface area contributed by atoms with E-state index in [1.54, 1.807) is 17.7 Å². The third-order valence-corrected chi connectivity index (χ3v) is 7.31. The Kier molecular flexibility index (Phi) is 3.68. The van der Waals surface area contributed by atoms with Crippen LogP contribution in [0.1, 0.15) is 61.0 Å². The van der Waals surface area contributed by atoms with Gasteiger partial charge in [-0.15, -0.1) is 0 Å². The van der Waals surface area contributed by atoms with E-state index < -0.39 is 5.91 Å². The summed E-state index contributed by atoms with van der Waals surface area (Å²) in [7, 11) is 0. The molecule has 140 valence electrons.